The Kier molecular flexibility index (Phi) is 3.44. The van der Waals surface area contributed by atoms with Crippen LogP contribution in [0, 0.1) is 5.92 Å². The van der Waals surface area contributed by atoms with E-state index in [1.165, 1.54) is 32.1 Å². The number of hydrogen-bond acceptors (Lipinski definition) is 2. The summed E-state index contributed by atoms with van der Waals surface area (Å²) in [6.45, 7) is 0. The van der Waals surface area contributed by atoms with Gasteiger partial charge in [-0.25, -0.2) is 0 Å². The molecule has 1 saturated carbocycles. The Morgan fingerprint density at radius 3 is 2.72 bits per heavy atom. The molecule has 1 aliphatic rings. The molecule has 18 heavy (non-hydrogen) atoms. The van der Waals surface area contributed by atoms with E-state index in [1.807, 2.05) is 12.1 Å². The summed E-state index contributed by atoms with van der Waals surface area (Å²) in [5.41, 5.74) is 7.30. The highest BCUT2D eigenvalue weighted by Crippen LogP contribution is 2.35. The standard InChI is InChI=1S/C15H18BrNO/c16-12-6-7-13-11(8-12)9-14(18-13)15(17)10-4-2-1-3-5-10/h6-10,15H,1-5,17H2. The third kappa shape index (κ3) is 2.34. The third-order valence-corrected chi connectivity index (χ3v) is 4.48. The van der Waals surface area contributed by atoms with Crippen LogP contribution in [0.4, 0.5) is 0 Å². The lowest BCUT2D eigenvalue weighted by atomic mass is 9.83. The van der Waals surface area contributed by atoms with Gasteiger partial charge in [-0.2, -0.15) is 0 Å². The summed E-state index contributed by atoms with van der Waals surface area (Å²) in [7, 11) is 0. The Morgan fingerprint density at radius 1 is 1.17 bits per heavy atom. The van der Waals surface area contributed by atoms with E-state index in [2.05, 4.69) is 28.1 Å². The van der Waals surface area contributed by atoms with Gasteiger partial charge < -0.3 is 10.2 Å². The number of fused-ring (bicyclic) bond motifs is 1. The van der Waals surface area contributed by atoms with Crippen molar-refractivity contribution < 1.29 is 4.42 Å². The second kappa shape index (κ2) is 5.06. The zero-order chi connectivity index (χ0) is 12.5. The van der Waals surface area contributed by atoms with E-state index in [1.54, 1.807) is 0 Å². The summed E-state index contributed by atoms with van der Waals surface area (Å²) >= 11 is 3.48. The van der Waals surface area contributed by atoms with Crippen molar-refractivity contribution in [1.82, 2.24) is 0 Å². The van der Waals surface area contributed by atoms with E-state index < -0.39 is 0 Å². The molecule has 1 heterocycles. The topological polar surface area (TPSA) is 39.2 Å². The number of halogens is 1. The molecule has 1 unspecified atom stereocenters. The van der Waals surface area contributed by atoms with Crippen molar-refractivity contribution >= 4 is 26.9 Å². The van der Waals surface area contributed by atoms with Gasteiger partial charge in [0.25, 0.3) is 0 Å². The van der Waals surface area contributed by atoms with Gasteiger partial charge in [-0.3, -0.25) is 0 Å². The summed E-state index contributed by atoms with van der Waals surface area (Å²) in [5.74, 6) is 1.53. The summed E-state index contributed by atoms with van der Waals surface area (Å²) < 4.78 is 6.97. The van der Waals surface area contributed by atoms with Crippen LogP contribution in [0.2, 0.25) is 0 Å². The summed E-state index contributed by atoms with van der Waals surface area (Å²) in [4.78, 5) is 0. The minimum Gasteiger partial charge on any atom is -0.459 e. The molecule has 96 valence electrons. The van der Waals surface area contributed by atoms with Crippen molar-refractivity contribution in [3.63, 3.8) is 0 Å². The van der Waals surface area contributed by atoms with Gasteiger partial charge in [0.15, 0.2) is 0 Å². The van der Waals surface area contributed by atoms with Gasteiger partial charge in [0.1, 0.15) is 11.3 Å². The lowest BCUT2D eigenvalue weighted by molar-refractivity contribution is 0.284. The number of furan rings is 1. The van der Waals surface area contributed by atoms with Crippen molar-refractivity contribution in [2.45, 2.75) is 38.1 Å². The van der Waals surface area contributed by atoms with Crippen molar-refractivity contribution in [1.29, 1.82) is 0 Å². The van der Waals surface area contributed by atoms with E-state index in [9.17, 15) is 0 Å². The first-order valence-electron chi connectivity index (χ1n) is 6.68. The first-order valence-corrected chi connectivity index (χ1v) is 7.48. The van der Waals surface area contributed by atoms with Crippen LogP contribution < -0.4 is 5.73 Å². The molecular formula is C15H18BrNO. The number of rotatable bonds is 2. The third-order valence-electron chi connectivity index (χ3n) is 3.98. The maximum Gasteiger partial charge on any atom is 0.134 e. The molecule has 0 aliphatic heterocycles. The highest BCUT2D eigenvalue weighted by molar-refractivity contribution is 9.10. The van der Waals surface area contributed by atoms with E-state index in [0.717, 1.165) is 21.2 Å². The number of benzene rings is 1. The van der Waals surface area contributed by atoms with Crippen molar-refractivity contribution in [3.8, 4) is 0 Å². The first kappa shape index (κ1) is 12.2. The summed E-state index contributed by atoms with van der Waals surface area (Å²) in [6, 6.07) is 8.23. The SMILES string of the molecule is NC(c1cc2cc(Br)ccc2o1)C1CCCCC1. The molecule has 1 atom stereocenters. The van der Waals surface area contributed by atoms with Crippen LogP contribution in [0.5, 0.6) is 0 Å². The van der Waals surface area contributed by atoms with Crippen LogP contribution in [-0.4, -0.2) is 0 Å². The van der Waals surface area contributed by atoms with Gasteiger partial charge >= 0.3 is 0 Å². The lowest BCUT2D eigenvalue weighted by Gasteiger charge is -2.25. The fourth-order valence-corrected chi connectivity index (χ4v) is 3.30. The zero-order valence-corrected chi connectivity index (χ0v) is 11.9. The lowest BCUT2D eigenvalue weighted by Crippen LogP contribution is -2.22. The van der Waals surface area contributed by atoms with Crippen LogP contribution >= 0.6 is 15.9 Å². The van der Waals surface area contributed by atoms with Crippen molar-refractivity contribution in [2.75, 3.05) is 0 Å². The molecule has 1 fully saturated rings. The van der Waals surface area contributed by atoms with Gasteiger partial charge in [0.05, 0.1) is 6.04 Å². The molecule has 0 amide bonds. The van der Waals surface area contributed by atoms with Crippen LogP contribution in [0.25, 0.3) is 11.0 Å². The van der Waals surface area contributed by atoms with Crippen molar-refractivity contribution in [2.24, 2.45) is 11.7 Å². The Morgan fingerprint density at radius 2 is 1.94 bits per heavy atom. The monoisotopic (exact) mass is 307 g/mol. The maximum atomic E-state index is 6.37. The van der Waals surface area contributed by atoms with E-state index >= 15 is 0 Å². The molecule has 0 spiro atoms. The molecule has 0 radical (unpaired) electrons. The Bertz CT molecular complexity index is 542. The molecule has 2 aromatic rings. The van der Waals surface area contributed by atoms with Gasteiger partial charge in [-0.05, 0) is 43.0 Å². The Hall–Kier alpha value is -0.800. The van der Waals surface area contributed by atoms with E-state index in [4.69, 9.17) is 10.2 Å². The maximum absolute atomic E-state index is 6.37. The molecule has 1 aromatic heterocycles. The predicted octanol–water partition coefficient (Wildman–Crippen LogP) is 4.78. The molecule has 3 heteroatoms. The molecular weight excluding hydrogens is 290 g/mol. The second-order valence-electron chi connectivity index (χ2n) is 5.25. The molecule has 2 N–H and O–H groups in total. The highest BCUT2D eigenvalue weighted by Gasteiger charge is 2.24. The fraction of sp³-hybridized carbons (Fsp3) is 0.467. The second-order valence-corrected chi connectivity index (χ2v) is 6.17. The minimum absolute atomic E-state index is 0.0523. The summed E-state index contributed by atoms with van der Waals surface area (Å²) in [6.07, 6.45) is 6.45. The smallest absolute Gasteiger partial charge is 0.134 e. The fourth-order valence-electron chi connectivity index (χ4n) is 2.92. The van der Waals surface area contributed by atoms with Gasteiger partial charge in [0.2, 0.25) is 0 Å². The van der Waals surface area contributed by atoms with E-state index in [-0.39, 0.29) is 6.04 Å². The van der Waals surface area contributed by atoms with Crippen LogP contribution in [0.1, 0.15) is 43.9 Å². The average Bonchev–Trinajstić information content (AvgIpc) is 2.81. The van der Waals surface area contributed by atoms with Gasteiger partial charge in [-0.15, -0.1) is 0 Å². The molecule has 3 rings (SSSR count). The van der Waals surface area contributed by atoms with Gasteiger partial charge in [0, 0.05) is 9.86 Å². The molecule has 2 nitrogen and oxygen atoms in total. The number of nitrogens with two attached hydrogens (primary N) is 1. The van der Waals surface area contributed by atoms with Crippen LogP contribution in [-0.2, 0) is 0 Å². The zero-order valence-electron chi connectivity index (χ0n) is 10.4. The summed E-state index contributed by atoms with van der Waals surface area (Å²) in [5, 5.41) is 1.13. The molecule has 0 saturated heterocycles. The van der Waals surface area contributed by atoms with Crippen LogP contribution in [0.3, 0.4) is 0 Å². The predicted molar refractivity (Wildman–Crippen MR) is 77.4 cm³/mol. The average molecular weight is 308 g/mol. The van der Waals surface area contributed by atoms with Crippen LogP contribution in [0.15, 0.2) is 33.2 Å². The molecule has 1 aliphatic carbocycles. The highest BCUT2D eigenvalue weighted by atomic mass is 79.9. The van der Waals surface area contributed by atoms with Crippen molar-refractivity contribution in [3.05, 3.63) is 34.5 Å². The largest absolute Gasteiger partial charge is 0.459 e. The van der Waals surface area contributed by atoms with E-state index in [0.29, 0.717) is 5.92 Å². The molecule has 1 aromatic carbocycles. The van der Waals surface area contributed by atoms with Gasteiger partial charge in [-0.1, -0.05) is 35.2 Å². The minimum atomic E-state index is 0.0523. The number of hydrogen-bond donors (Lipinski definition) is 1. The molecule has 0 bridgehead atoms. The first-order chi connectivity index (χ1) is 8.74. The normalized spacial score (nSPS) is 19.2. The quantitative estimate of drug-likeness (QED) is 0.867. The Balaban J connectivity index is 1.88. The Labute approximate surface area is 116 Å².